The molecule has 3 aromatic rings. The summed E-state index contributed by atoms with van der Waals surface area (Å²) < 4.78 is 29.7. The molecule has 0 saturated heterocycles. The van der Waals surface area contributed by atoms with Gasteiger partial charge < -0.3 is 21.5 Å². The number of nitrogens with zero attached hydrogens (tertiary/aromatic N) is 3. The molecule has 168 valence electrons. The number of carboxylic acids is 1. The van der Waals surface area contributed by atoms with Crippen molar-refractivity contribution in [2.45, 2.75) is 12.5 Å². The molecular formula is C21H22F2N6O3. The maximum absolute atomic E-state index is 14.8. The smallest absolute Gasteiger partial charge is 0.322 e. The van der Waals surface area contributed by atoms with Gasteiger partial charge in [-0.1, -0.05) is 12.1 Å². The van der Waals surface area contributed by atoms with Crippen molar-refractivity contribution >= 4 is 17.7 Å². The second-order valence-electron chi connectivity index (χ2n) is 7.08. The van der Waals surface area contributed by atoms with Crippen LogP contribution in [0.3, 0.4) is 0 Å². The Kier molecular flexibility index (Phi) is 7.11. The Morgan fingerprint density at radius 3 is 2.72 bits per heavy atom. The molecule has 1 amide bonds. The number of carbonyl (C=O) groups excluding carboxylic acids is 1. The molecule has 1 aromatic carbocycles. The molecule has 0 bridgehead atoms. The number of halogens is 2. The van der Waals surface area contributed by atoms with E-state index < -0.39 is 23.7 Å². The summed E-state index contributed by atoms with van der Waals surface area (Å²) >= 11 is 0. The first kappa shape index (κ1) is 22.8. The summed E-state index contributed by atoms with van der Waals surface area (Å²) in [5.41, 5.74) is 6.43. The minimum Gasteiger partial charge on any atom is -0.480 e. The first-order valence-corrected chi connectivity index (χ1v) is 9.69. The predicted octanol–water partition coefficient (Wildman–Crippen LogP) is 1.56. The van der Waals surface area contributed by atoms with E-state index in [1.165, 1.54) is 23.0 Å². The van der Waals surface area contributed by atoms with Crippen LogP contribution in [-0.2, 0) is 18.3 Å². The van der Waals surface area contributed by atoms with E-state index in [-0.39, 0.29) is 36.0 Å². The third-order valence-corrected chi connectivity index (χ3v) is 4.59. The highest BCUT2D eigenvalue weighted by atomic mass is 19.1. The number of anilines is 1. The molecule has 0 saturated carbocycles. The molecular weight excluding hydrogens is 422 g/mol. The highest BCUT2D eigenvalue weighted by Crippen LogP contribution is 2.25. The topological polar surface area (TPSA) is 135 Å². The SMILES string of the molecule is Cn1cc(-c2nc(NCCc3cccc(F)c3)c(C(=O)NC[C@@H](N)C(=O)O)cc2F)cn1. The third kappa shape index (κ3) is 5.64. The van der Waals surface area contributed by atoms with Gasteiger partial charge in [0.05, 0.1) is 11.8 Å². The molecule has 0 radical (unpaired) electrons. The van der Waals surface area contributed by atoms with Crippen LogP contribution >= 0.6 is 0 Å². The first-order valence-electron chi connectivity index (χ1n) is 9.69. The Morgan fingerprint density at radius 1 is 1.28 bits per heavy atom. The normalized spacial score (nSPS) is 11.8. The monoisotopic (exact) mass is 444 g/mol. The van der Waals surface area contributed by atoms with E-state index in [0.717, 1.165) is 11.6 Å². The summed E-state index contributed by atoms with van der Waals surface area (Å²) in [4.78, 5) is 27.7. The molecule has 32 heavy (non-hydrogen) atoms. The van der Waals surface area contributed by atoms with E-state index in [2.05, 4.69) is 20.7 Å². The Labute approximate surface area is 182 Å². The lowest BCUT2D eigenvalue weighted by Crippen LogP contribution is -2.42. The van der Waals surface area contributed by atoms with E-state index in [0.29, 0.717) is 12.0 Å². The number of aryl methyl sites for hydroxylation is 1. The molecule has 0 spiro atoms. The van der Waals surface area contributed by atoms with Crippen LogP contribution in [0.1, 0.15) is 15.9 Å². The van der Waals surface area contributed by atoms with E-state index in [1.807, 2.05) is 0 Å². The lowest BCUT2D eigenvalue weighted by atomic mass is 10.1. The van der Waals surface area contributed by atoms with Crippen LogP contribution in [-0.4, -0.2) is 50.9 Å². The molecule has 11 heteroatoms. The molecule has 0 unspecified atom stereocenters. The average Bonchev–Trinajstić information content (AvgIpc) is 3.18. The Bertz CT molecular complexity index is 1130. The average molecular weight is 444 g/mol. The Hall–Kier alpha value is -3.86. The van der Waals surface area contributed by atoms with Gasteiger partial charge in [0.2, 0.25) is 0 Å². The summed E-state index contributed by atoms with van der Waals surface area (Å²) in [6, 6.07) is 5.78. The number of nitrogens with two attached hydrogens (primary N) is 1. The Morgan fingerprint density at radius 2 is 2.06 bits per heavy atom. The summed E-state index contributed by atoms with van der Waals surface area (Å²) in [5, 5.41) is 18.2. The molecule has 2 heterocycles. The highest BCUT2D eigenvalue weighted by Gasteiger charge is 2.21. The molecule has 3 rings (SSSR count). The zero-order valence-corrected chi connectivity index (χ0v) is 17.2. The summed E-state index contributed by atoms with van der Waals surface area (Å²) in [5.74, 6) is -3.05. The van der Waals surface area contributed by atoms with Crippen molar-refractivity contribution in [2.75, 3.05) is 18.4 Å². The maximum atomic E-state index is 14.8. The van der Waals surface area contributed by atoms with Gasteiger partial charge in [0.15, 0.2) is 5.82 Å². The fourth-order valence-electron chi connectivity index (χ4n) is 2.95. The van der Waals surface area contributed by atoms with Gasteiger partial charge in [-0.2, -0.15) is 5.10 Å². The van der Waals surface area contributed by atoms with Crippen molar-refractivity contribution in [1.82, 2.24) is 20.1 Å². The number of amides is 1. The lowest BCUT2D eigenvalue weighted by Gasteiger charge is -2.14. The minimum atomic E-state index is -1.31. The van der Waals surface area contributed by atoms with Crippen molar-refractivity contribution in [3.63, 3.8) is 0 Å². The Balaban J connectivity index is 1.85. The van der Waals surface area contributed by atoms with Crippen molar-refractivity contribution in [3.05, 3.63) is 65.5 Å². The number of nitrogens with one attached hydrogen (secondary N) is 2. The fraction of sp³-hybridized carbons (Fsp3) is 0.238. The molecule has 0 aliphatic rings. The predicted molar refractivity (Wildman–Crippen MR) is 113 cm³/mol. The lowest BCUT2D eigenvalue weighted by molar-refractivity contribution is -0.138. The zero-order valence-electron chi connectivity index (χ0n) is 17.2. The largest absolute Gasteiger partial charge is 0.480 e. The molecule has 0 aliphatic heterocycles. The van der Waals surface area contributed by atoms with E-state index in [1.54, 1.807) is 25.4 Å². The number of aliphatic carboxylic acids is 1. The van der Waals surface area contributed by atoms with E-state index in [9.17, 15) is 18.4 Å². The van der Waals surface area contributed by atoms with Gasteiger partial charge in [0.25, 0.3) is 5.91 Å². The molecule has 2 aromatic heterocycles. The zero-order chi connectivity index (χ0) is 23.3. The standard InChI is InChI=1S/C21H22F2N6O3/c1-29-11-13(9-27-29)18-16(23)8-15(20(30)26-10-17(24)21(31)32)19(28-18)25-6-5-12-3-2-4-14(22)7-12/h2-4,7-9,11,17H,5-6,10,24H2,1H3,(H,25,28)(H,26,30)(H,31,32)/t17-/m1/s1. The number of carboxylic acid groups (broad SMARTS) is 1. The van der Waals surface area contributed by atoms with Crippen molar-refractivity contribution in [3.8, 4) is 11.3 Å². The maximum Gasteiger partial charge on any atom is 0.322 e. The van der Waals surface area contributed by atoms with Gasteiger partial charge in [-0.05, 0) is 30.2 Å². The first-order chi connectivity index (χ1) is 15.2. The minimum absolute atomic E-state index is 0.00913. The van der Waals surface area contributed by atoms with Gasteiger partial charge in [0, 0.05) is 31.9 Å². The molecule has 9 nitrogen and oxygen atoms in total. The fourth-order valence-corrected chi connectivity index (χ4v) is 2.95. The van der Waals surface area contributed by atoms with Crippen LogP contribution in [0.5, 0.6) is 0 Å². The van der Waals surface area contributed by atoms with Crippen LogP contribution < -0.4 is 16.4 Å². The molecule has 1 atom stereocenters. The second kappa shape index (κ2) is 9.96. The number of benzene rings is 1. The molecule has 0 aliphatic carbocycles. The number of hydrogen-bond donors (Lipinski definition) is 4. The number of rotatable bonds is 9. The van der Waals surface area contributed by atoms with Crippen LogP contribution in [0.4, 0.5) is 14.6 Å². The van der Waals surface area contributed by atoms with Gasteiger partial charge in [-0.3, -0.25) is 14.3 Å². The van der Waals surface area contributed by atoms with Crippen molar-refractivity contribution in [2.24, 2.45) is 12.8 Å². The second-order valence-corrected chi connectivity index (χ2v) is 7.08. The molecule has 0 fully saturated rings. The number of hydrogen-bond acceptors (Lipinski definition) is 6. The van der Waals surface area contributed by atoms with Gasteiger partial charge >= 0.3 is 5.97 Å². The van der Waals surface area contributed by atoms with Crippen molar-refractivity contribution in [1.29, 1.82) is 0 Å². The molecule has 5 N–H and O–H groups in total. The number of aromatic nitrogens is 3. The van der Waals surface area contributed by atoms with Gasteiger partial charge in [-0.25, -0.2) is 13.8 Å². The highest BCUT2D eigenvalue weighted by molar-refractivity contribution is 5.99. The third-order valence-electron chi connectivity index (χ3n) is 4.59. The van der Waals surface area contributed by atoms with Crippen LogP contribution in [0.25, 0.3) is 11.3 Å². The quantitative estimate of drug-likeness (QED) is 0.393. The van der Waals surface area contributed by atoms with Crippen molar-refractivity contribution < 1.29 is 23.5 Å². The number of carbonyl (C=O) groups is 2. The van der Waals surface area contributed by atoms with Gasteiger partial charge in [0.1, 0.15) is 23.4 Å². The van der Waals surface area contributed by atoms with Crippen LogP contribution in [0, 0.1) is 11.6 Å². The summed E-state index contributed by atoms with van der Waals surface area (Å²) in [6.07, 6.45) is 3.44. The van der Waals surface area contributed by atoms with Crippen LogP contribution in [0.15, 0.2) is 42.7 Å². The summed E-state index contributed by atoms with van der Waals surface area (Å²) in [6.45, 7) is -0.0631. The van der Waals surface area contributed by atoms with E-state index in [4.69, 9.17) is 10.8 Å². The number of pyridine rings is 1. The summed E-state index contributed by atoms with van der Waals surface area (Å²) in [7, 11) is 1.67. The van der Waals surface area contributed by atoms with Crippen LogP contribution in [0.2, 0.25) is 0 Å². The van der Waals surface area contributed by atoms with Gasteiger partial charge in [-0.15, -0.1) is 0 Å². The van der Waals surface area contributed by atoms with E-state index >= 15 is 0 Å².